The molecule has 0 bridgehead atoms. The summed E-state index contributed by atoms with van der Waals surface area (Å²) >= 11 is 5.79. The van der Waals surface area contributed by atoms with Crippen LogP contribution in [0.3, 0.4) is 0 Å². The summed E-state index contributed by atoms with van der Waals surface area (Å²) in [5.74, 6) is -0.218. The van der Waals surface area contributed by atoms with Gasteiger partial charge in [0.05, 0.1) is 0 Å². The smallest absolute Gasteiger partial charge is 0.129 e. The maximum atomic E-state index is 13.9. The van der Waals surface area contributed by atoms with E-state index in [1.54, 1.807) is 12.1 Å². The van der Waals surface area contributed by atoms with Gasteiger partial charge < -0.3 is 5.32 Å². The topological polar surface area (TPSA) is 12.0 Å². The van der Waals surface area contributed by atoms with E-state index in [1.165, 1.54) is 6.07 Å². The average Bonchev–Trinajstić information content (AvgIpc) is 2.38. The summed E-state index contributed by atoms with van der Waals surface area (Å²) in [5.41, 5.74) is 0.718. The number of hydrogen-bond donors (Lipinski definition) is 1. The molecule has 0 saturated carbocycles. The average molecular weight is 284 g/mol. The van der Waals surface area contributed by atoms with Crippen LogP contribution in [-0.4, -0.2) is 6.54 Å². The van der Waals surface area contributed by atoms with Crippen LogP contribution in [0, 0.1) is 5.82 Å². The molecule has 0 aliphatic heterocycles. The van der Waals surface area contributed by atoms with Crippen LogP contribution < -0.4 is 5.32 Å². The predicted molar refractivity (Wildman–Crippen MR) is 81.1 cm³/mol. The molecule has 106 valence electrons. The second kappa shape index (κ2) is 9.11. The summed E-state index contributed by atoms with van der Waals surface area (Å²) in [6.45, 7) is 6.59. The molecule has 1 rings (SSSR count). The van der Waals surface area contributed by atoms with Crippen molar-refractivity contribution >= 4 is 11.6 Å². The van der Waals surface area contributed by atoms with Crippen LogP contribution in [-0.2, 0) is 0 Å². The zero-order valence-electron chi connectivity index (χ0n) is 11.6. The minimum Gasteiger partial charge on any atom is -0.310 e. The fourth-order valence-corrected chi connectivity index (χ4v) is 2.37. The molecule has 0 fully saturated rings. The maximum Gasteiger partial charge on any atom is 0.129 e. The van der Waals surface area contributed by atoms with Crippen LogP contribution in [0.1, 0.15) is 50.6 Å². The summed E-state index contributed by atoms with van der Waals surface area (Å²) in [5, 5.41) is 3.79. The number of rotatable bonds is 9. The van der Waals surface area contributed by atoms with Gasteiger partial charge in [-0.25, -0.2) is 4.39 Å². The Labute approximate surface area is 120 Å². The summed E-state index contributed by atoms with van der Waals surface area (Å²) in [4.78, 5) is 0. The first-order valence-electron chi connectivity index (χ1n) is 6.98. The molecular weight excluding hydrogens is 261 g/mol. The normalized spacial score (nSPS) is 12.4. The Morgan fingerprint density at radius 1 is 1.37 bits per heavy atom. The quantitative estimate of drug-likeness (QED) is 0.481. The minimum atomic E-state index is -0.218. The molecule has 1 atom stereocenters. The first-order valence-corrected chi connectivity index (χ1v) is 7.36. The van der Waals surface area contributed by atoms with Crippen molar-refractivity contribution in [1.82, 2.24) is 5.32 Å². The Morgan fingerprint density at radius 2 is 2.16 bits per heavy atom. The van der Waals surface area contributed by atoms with E-state index in [2.05, 4.69) is 11.9 Å². The van der Waals surface area contributed by atoms with Crippen LogP contribution >= 0.6 is 11.6 Å². The van der Waals surface area contributed by atoms with Gasteiger partial charge in [0.2, 0.25) is 0 Å². The lowest BCUT2D eigenvalue weighted by Gasteiger charge is -2.19. The summed E-state index contributed by atoms with van der Waals surface area (Å²) in [6, 6.07) is 5.00. The number of allylic oxidation sites excluding steroid dienone is 1. The molecule has 0 aromatic heterocycles. The van der Waals surface area contributed by atoms with Gasteiger partial charge in [0.25, 0.3) is 0 Å². The Kier molecular flexibility index (Phi) is 7.76. The van der Waals surface area contributed by atoms with E-state index in [0.717, 1.165) is 44.2 Å². The van der Waals surface area contributed by atoms with Gasteiger partial charge in [-0.1, -0.05) is 43.5 Å². The van der Waals surface area contributed by atoms with Gasteiger partial charge in [0.15, 0.2) is 0 Å². The highest BCUT2D eigenvalue weighted by atomic mass is 35.5. The molecule has 0 aliphatic rings. The molecule has 1 aromatic carbocycles. The standard InChI is InChI=1S/C16H23ClFN/c1-3-5-6-7-8-9-16(19-4-2)14-11-10-13(17)12-15(14)18/h3,10-12,16,19H,1,4-9H2,2H3. The van der Waals surface area contributed by atoms with Gasteiger partial charge in [-0.2, -0.15) is 0 Å². The van der Waals surface area contributed by atoms with Gasteiger partial charge in [-0.05, 0) is 37.9 Å². The maximum absolute atomic E-state index is 13.9. The molecule has 1 unspecified atom stereocenters. The van der Waals surface area contributed by atoms with Crippen molar-refractivity contribution in [2.24, 2.45) is 0 Å². The van der Waals surface area contributed by atoms with Crippen molar-refractivity contribution in [3.8, 4) is 0 Å². The molecule has 0 amide bonds. The number of nitrogens with one attached hydrogen (secondary N) is 1. The molecule has 0 saturated heterocycles. The molecule has 1 N–H and O–H groups in total. The number of unbranched alkanes of at least 4 members (excludes halogenated alkanes) is 3. The van der Waals surface area contributed by atoms with E-state index in [0.29, 0.717) is 5.02 Å². The van der Waals surface area contributed by atoms with Crippen LogP contribution in [0.4, 0.5) is 4.39 Å². The Balaban J connectivity index is 2.58. The van der Waals surface area contributed by atoms with Gasteiger partial charge in [-0.3, -0.25) is 0 Å². The van der Waals surface area contributed by atoms with E-state index in [4.69, 9.17) is 11.6 Å². The zero-order chi connectivity index (χ0) is 14.1. The number of halogens is 2. The molecule has 0 spiro atoms. The van der Waals surface area contributed by atoms with Gasteiger partial charge in [0, 0.05) is 16.6 Å². The Morgan fingerprint density at radius 3 is 2.79 bits per heavy atom. The number of hydrogen-bond acceptors (Lipinski definition) is 1. The van der Waals surface area contributed by atoms with Crippen molar-refractivity contribution in [3.63, 3.8) is 0 Å². The monoisotopic (exact) mass is 283 g/mol. The molecule has 0 heterocycles. The highest BCUT2D eigenvalue weighted by Gasteiger charge is 2.14. The van der Waals surface area contributed by atoms with Crippen molar-refractivity contribution in [1.29, 1.82) is 0 Å². The zero-order valence-corrected chi connectivity index (χ0v) is 12.3. The summed E-state index contributed by atoms with van der Waals surface area (Å²) in [6.07, 6.45) is 7.35. The lowest BCUT2D eigenvalue weighted by molar-refractivity contribution is 0.462. The molecule has 3 heteroatoms. The SMILES string of the molecule is C=CCCCCCC(NCC)c1ccc(Cl)cc1F. The third-order valence-electron chi connectivity index (χ3n) is 3.19. The van der Waals surface area contributed by atoms with Crippen LogP contribution in [0.5, 0.6) is 0 Å². The van der Waals surface area contributed by atoms with Crippen molar-refractivity contribution in [2.45, 2.75) is 45.1 Å². The minimum absolute atomic E-state index is 0.0750. The van der Waals surface area contributed by atoms with Gasteiger partial charge in [0.1, 0.15) is 5.82 Å². The third kappa shape index (κ3) is 5.75. The molecule has 0 aliphatic carbocycles. The van der Waals surface area contributed by atoms with E-state index in [1.807, 2.05) is 13.0 Å². The Bertz CT molecular complexity index is 392. The number of benzene rings is 1. The fraction of sp³-hybridized carbons (Fsp3) is 0.500. The van der Waals surface area contributed by atoms with Crippen LogP contribution in [0.15, 0.2) is 30.9 Å². The lowest BCUT2D eigenvalue weighted by atomic mass is 9.99. The van der Waals surface area contributed by atoms with Crippen LogP contribution in [0.2, 0.25) is 5.02 Å². The highest BCUT2D eigenvalue weighted by Crippen LogP contribution is 2.25. The Hall–Kier alpha value is -0.860. The molecule has 1 aromatic rings. The van der Waals surface area contributed by atoms with E-state index in [9.17, 15) is 4.39 Å². The molecule has 1 nitrogen and oxygen atoms in total. The van der Waals surface area contributed by atoms with Gasteiger partial charge in [-0.15, -0.1) is 6.58 Å². The van der Waals surface area contributed by atoms with Crippen molar-refractivity contribution < 1.29 is 4.39 Å². The van der Waals surface area contributed by atoms with Crippen LogP contribution in [0.25, 0.3) is 0 Å². The largest absolute Gasteiger partial charge is 0.310 e. The fourth-order valence-electron chi connectivity index (χ4n) is 2.21. The second-order valence-electron chi connectivity index (χ2n) is 4.70. The third-order valence-corrected chi connectivity index (χ3v) is 3.42. The predicted octanol–water partition coefficient (Wildman–Crippen LogP) is 5.27. The summed E-state index contributed by atoms with van der Waals surface area (Å²) < 4.78 is 13.9. The lowest BCUT2D eigenvalue weighted by Crippen LogP contribution is -2.21. The molecule has 19 heavy (non-hydrogen) atoms. The molecular formula is C16H23ClFN. The molecule has 0 radical (unpaired) electrons. The second-order valence-corrected chi connectivity index (χ2v) is 5.14. The van der Waals surface area contributed by atoms with Gasteiger partial charge >= 0.3 is 0 Å². The van der Waals surface area contributed by atoms with Crippen molar-refractivity contribution in [3.05, 3.63) is 47.3 Å². The van der Waals surface area contributed by atoms with E-state index < -0.39 is 0 Å². The summed E-state index contributed by atoms with van der Waals surface area (Å²) in [7, 11) is 0. The van der Waals surface area contributed by atoms with E-state index in [-0.39, 0.29) is 11.9 Å². The van der Waals surface area contributed by atoms with E-state index >= 15 is 0 Å². The van der Waals surface area contributed by atoms with Crippen molar-refractivity contribution in [2.75, 3.05) is 6.54 Å². The first kappa shape index (κ1) is 16.2. The first-order chi connectivity index (χ1) is 9.19. The highest BCUT2D eigenvalue weighted by molar-refractivity contribution is 6.30.